The van der Waals surface area contributed by atoms with E-state index in [0.717, 1.165) is 17.3 Å². The maximum absolute atomic E-state index is 12.3. The Morgan fingerprint density at radius 1 is 1.05 bits per heavy atom. The molecule has 0 fully saturated rings. The molecule has 0 bridgehead atoms. The molecule has 4 heteroatoms. The van der Waals surface area contributed by atoms with Crippen molar-refractivity contribution >= 4 is 39.1 Å². The fourth-order valence-electron chi connectivity index (χ4n) is 2.65. The molecule has 0 spiro atoms. The summed E-state index contributed by atoms with van der Waals surface area (Å²) in [6, 6.07) is 11.4. The number of amides is 1. The summed E-state index contributed by atoms with van der Waals surface area (Å²) in [4.78, 5) is 12.3. The van der Waals surface area contributed by atoms with Crippen LogP contribution >= 0.6 is 27.5 Å². The molecule has 108 valence electrons. The minimum Gasteiger partial charge on any atom is -0.322 e. The Balaban J connectivity index is 1.80. The van der Waals surface area contributed by atoms with Crippen LogP contribution in [0, 0.1) is 0 Å². The minimum atomic E-state index is -0.0956. The SMILES string of the molecule is O=C(Nc1ccc(Br)c(Cl)c1)c1ccc2c(c1)CCCC2. The largest absolute Gasteiger partial charge is 0.322 e. The van der Waals surface area contributed by atoms with Gasteiger partial charge in [0.1, 0.15) is 0 Å². The van der Waals surface area contributed by atoms with Crippen molar-refractivity contribution in [1.29, 1.82) is 0 Å². The van der Waals surface area contributed by atoms with E-state index in [1.165, 1.54) is 24.0 Å². The number of benzene rings is 2. The lowest BCUT2D eigenvalue weighted by molar-refractivity contribution is 0.102. The topological polar surface area (TPSA) is 29.1 Å². The summed E-state index contributed by atoms with van der Waals surface area (Å²) in [5.74, 6) is -0.0956. The minimum absolute atomic E-state index is 0.0956. The van der Waals surface area contributed by atoms with E-state index in [-0.39, 0.29) is 5.91 Å². The molecule has 3 rings (SSSR count). The molecule has 1 aliphatic rings. The van der Waals surface area contributed by atoms with Gasteiger partial charge in [-0.2, -0.15) is 0 Å². The van der Waals surface area contributed by atoms with Crippen molar-refractivity contribution < 1.29 is 4.79 Å². The van der Waals surface area contributed by atoms with E-state index in [4.69, 9.17) is 11.6 Å². The average molecular weight is 365 g/mol. The van der Waals surface area contributed by atoms with Crippen LogP contribution in [0.3, 0.4) is 0 Å². The lowest BCUT2D eigenvalue weighted by Gasteiger charge is -2.16. The van der Waals surface area contributed by atoms with Gasteiger partial charge in [-0.3, -0.25) is 4.79 Å². The van der Waals surface area contributed by atoms with Crippen molar-refractivity contribution in [3.8, 4) is 0 Å². The van der Waals surface area contributed by atoms with Gasteiger partial charge in [0.05, 0.1) is 5.02 Å². The Morgan fingerprint density at radius 3 is 2.57 bits per heavy atom. The molecule has 0 heterocycles. The first kappa shape index (κ1) is 14.6. The Hall–Kier alpha value is -1.32. The number of carbonyl (C=O) groups excluding carboxylic acids is 1. The van der Waals surface area contributed by atoms with E-state index in [0.29, 0.717) is 16.3 Å². The lowest BCUT2D eigenvalue weighted by atomic mass is 9.90. The van der Waals surface area contributed by atoms with E-state index in [1.807, 2.05) is 24.3 Å². The van der Waals surface area contributed by atoms with Gasteiger partial charge in [-0.15, -0.1) is 0 Å². The zero-order valence-corrected chi connectivity index (χ0v) is 13.8. The highest BCUT2D eigenvalue weighted by atomic mass is 79.9. The van der Waals surface area contributed by atoms with E-state index in [9.17, 15) is 4.79 Å². The lowest BCUT2D eigenvalue weighted by Crippen LogP contribution is -2.13. The second-order valence-corrected chi connectivity index (χ2v) is 6.54. The number of anilines is 1. The number of carbonyl (C=O) groups is 1. The highest BCUT2D eigenvalue weighted by Crippen LogP contribution is 2.26. The standard InChI is InChI=1S/C17H15BrClNO/c18-15-8-7-14(10-16(15)19)20-17(21)13-6-5-11-3-1-2-4-12(11)9-13/h5-10H,1-4H2,(H,20,21). The first-order chi connectivity index (χ1) is 10.1. The summed E-state index contributed by atoms with van der Waals surface area (Å²) in [6.45, 7) is 0. The Kier molecular flexibility index (Phi) is 4.32. The summed E-state index contributed by atoms with van der Waals surface area (Å²) in [6.07, 6.45) is 4.65. The molecule has 0 aromatic heterocycles. The number of aryl methyl sites for hydroxylation is 2. The zero-order chi connectivity index (χ0) is 14.8. The first-order valence-corrected chi connectivity index (χ1v) is 8.19. The molecule has 0 aliphatic heterocycles. The third-order valence-electron chi connectivity index (χ3n) is 3.79. The average Bonchev–Trinajstić information content (AvgIpc) is 2.50. The summed E-state index contributed by atoms with van der Waals surface area (Å²) >= 11 is 9.38. The molecule has 0 unspecified atom stereocenters. The fraction of sp³-hybridized carbons (Fsp3) is 0.235. The third-order valence-corrected chi connectivity index (χ3v) is 5.02. The summed E-state index contributed by atoms with van der Waals surface area (Å²) < 4.78 is 0.816. The number of fused-ring (bicyclic) bond motifs is 1. The smallest absolute Gasteiger partial charge is 0.255 e. The van der Waals surface area contributed by atoms with Crippen molar-refractivity contribution in [2.24, 2.45) is 0 Å². The molecule has 1 N–H and O–H groups in total. The van der Waals surface area contributed by atoms with E-state index < -0.39 is 0 Å². The van der Waals surface area contributed by atoms with Crippen LogP contribution in [0.4, 0.5) is 5.69 Å². The van der Waals surface area contributed by atoms with Gasteiger partial charge >= 0.3 is 0 Å². The molecule has 2 nitrogen and oxygen atoms in total. The highest BCUT2D eigenvalue weighted by Gasteiger charge is 2.13. The van der Waals surface area contributed by atoms with Crippen LogP contribution in [0.5, 0.6) is 0 Å². The van der Waals surface area contributed by atoms with Crippen LogP contribution in [0.15, 0.2) is 40.9 Å². The van der Waals surface area contributed by atoms with E-state index in [2.05, 4.69) is 27.3 Å². The van der Waals surface area contributed by atoms with Gasteiger partial charge in [0, 0.05) is 15.7 Å². The highest BCUT2D eigenvalue weighted by molar-refractivity contribution is 9.10. The molecular formula is C17H15BrClNO. The van der Waals surface area contributed by atoms with E-state index >= 15 is 0 Å². The van der Waals surface area contributed by atoms with Gasteiger partial charge < -0.3 is 5.32 Å². The maximum atomic E-state index is 12.3. The first-order valence-electron chi connectivity index (χ1n) is 7.02. The van der Waals surface area contributed by atoms with E-state index in [1.54, 1.807) is 6.07 Å². The van der Waals surface area contributed by atoms with Crippen molar-refractivity contribution in [2.75, 3.05) is 5.32 Å². The van der Waals surface area contributed by atoms with Crippen molar-refractivity contribution in [3.05, 3.63) is 62.6 Å². The van der Waals surface area contributed by atoms with Gasteiger partial charge in [0.25, 0.3) is 5.91 Å². The second kappa shape index (κ2) is 6.20. The van der Waals surface area contributed by atoms with Crippen LogP contribution in [0.1, 0.15) is 34.3 Å². The van der Waals surface area contributed by atoms with Gasteiger partial charge in [-0.25, -0.2) is 0 Å². The molecule has 2 aromatic rings. The molecule has 0 atom stereocenters. The Labute approximate surface area is 137 Å². The molecule has 2 aromatic carbocycles. The number of hydrogen-bond donors (Lipinski definition) is 1. The molecule has 0 radical (unpaired) electrons. The molecular weight excluding hydrogens is 350 g/mol. The predicted octanol–water partition coefficient (Wildman–Crippen LogP) is 5.23. The third kappa shape index (κ3) is 3.30. The molecule has 0 saturated carbocycles. The number of hydrogen-bond acceptors (Lipinski definition) is 1. The maximum Gasteiger partial charge on any atom is 0.255 e. The molecule has 21 heavy (non-hydrogen) atoms. The van der Waals surface area contributed by atoms with Gasteiger partial charge in [0.15, 0.2) is 0 Å². The number of nitrogens with one attached hydrogen (secondary N) is 1. The summed E-state index contributed by atoms with van der Waals surface area (Å²) in [5.41, 5.74) is 4.09. The van der Waals surface area contributed by atoms with Crippen LogP contribution < -0.4 is 5.32 Å². The predicted molar refractivity (Wildman–Crippen MR) is 90.2 cm³/mol. The van der Waals surface area contributed by atoms with Crippen LogP contribution in [0.25, 0.3) is 0 Å². The quantitative estimate of drug-likeness (QED) is 0.776. The van der Waals surface area contributed by atoms with Crippen molar-refractivity contribution in [2.45, 2.75) is 25.7 Å². The van der Waals surface area contributed by atoms with Crippen LogP contribution in [-0.4, -0.2) is 5.91 Å². The molecule has 1 aliphatic carbocycles. The van der Waals surface area contributed by atoms with Crippen molar-refractivity contribution in [1.82, 2.24) is 0 Å². The van der Waals surface area contributed by atoms with Gasteiger partial charge in [0.2, 0.25) is 0 Å². The normalized spacial score (nSPS) is 13.6. The van der Waals surface area contributed by atoms with Crippen molar-refractivity contribution in [3.63, 3.8) is 0 Å². The Morgan fingerprint density at radius 2 is 1.81 bits per heavy atom. The monoisotopic (exact) mass is 363 g/mol. The Bertz CT molecular complexity index is 699. The second-order valence-electron chi connectivity index (χ2n) is 5.27. The fourth-order valence-corrected chi connectivity index (χ4v) is 3.08. The van der Waals surface area contributed by atoms with Crippen LogP contribution in [0.2, 0.25) is 5.02 Å². The number of halogens is 2. The molecule has 0 saturated heterocycles. The van der Waals surface area contributed by atoms with Gasteiger partial charge in [-0.05, 0) is 83.1 Å². The van der Waals surface area contributed by atoms with Crippen LogP contribution in [-0.2, 0) is 12.8 Å². The summed E-state index contributed by atoms with van der Waals surface area (Å²) in [5, 5.41) is 3.47. The summed E-state index contributed by atoms with van der Waals surface area (Å²) in [7, 11) is 0. The zero-order valence-electron chi connectivity index (χ0n) is 11.5. The van der Waals surface area contributed by atoms with Gasteiger partial charge in [-0.1, -0.05) is 17.7 Å². The number of rotatable bonds is 2. The molecule has 1 amide bonds.